The first kappa shape index (κ1) is 14.7. The van der Waals surface area contributed by atoms with Crippen molar-refractivity contribution in [1.82, 2.24) is 10.4 Å². The van der Waals surface area contributed by atoms with Gasteiger partial charge >= 0.3 is 6.09 Å². The van der Waals surface area contributed by atoms with Crippen LogP contribution in [0, 0.1) is 0 Å². The number of fused-ring (bicyclic) bond motifs is 1. The van der Waals surface area contributed by atoms with Gasteiger partial charge < -0.3 is 14.2 Å². The zero-order valence-corrected chi connectivity index (χ0v) is 12.6. The first-order valence-electron chi connectivity index (χ1n) is 7.54. The molecule has 0 aliphatic carbocycles. The number of hydrogen-bond acceptors (Lipinski definition) is 5. The van der Waals surface area contributed by atoms with E-state index in [1.54, 1.807) is 6.92 Å². The summed E-state index contributed by atoms with van der Waals surface area (Å²) >= 11 is 0. The molecule has 0 aromatic heterocycles. The highest BCUT2D eigenvalue weighted by Gasteiger charge is 2.21. The highest BCUT2D eigenvalue weighted by molar-refractivity contribution is 5.74. The Hall–Kier alpha value is -2.21. The third-order valence-corrected chi connectivity index (χ3v) is 3.65. The molecule has 1 aromatic carbocycles. The zero-order valence-electron chi connectivity index (χ0n) is 12.6. The lowest BCUT2D eigenvalue weighted by Crippen LogP contribution is -2.44. The molecule has 1 N–H and O–H groups in total. The third-order valence-electron chi connectivity index (χ3n) is 3.65. The highest BCUT2D eigenvalue weighted by atomic mass is 16.6. The summed E-state index contributed by atoms with van der Waals surface area (Å²) < 4.78 is 16.3. The molecule has 0 fully saturated rings. The topological polar surface area (TPSA) is 60.0 Å². The number of carbonyl (C=O) groups is 1. The number of ether oxygens (including phenoxy) is 3. The van der Waals surface area contributed by atoms with Crippen molar-refractivity contribution in [1.29, 1.82) is 0 Å². The zero-order chi connectivity index (χ0) is 15.4. The Balaban J connectivity index is 1.70. The van der Waals surface area contributed by atoms with Crippen molar-refractivity contribution in [3.63, 3.8) is 0 Å². The maximum absolute atomic E-state index is 11.4. The average Bonchev–Trinajstić information content (AvgIpc) is 2.55. The fraction of sp³-hybridized carbons (Fsp3) is 0.438. The lowest BCUT2D eigenvalue weighted by molar-refractivity contribution is 0.113. The summed E-state index contributed by atoms with van der Waals surface area (Å²) in [5.41, 5.74) is 5.01. The van der Waals surface area contributed by atoms with Crippen molar-refractivity contribution in [2.45, 2.75) is 13.3 Å². The minimum absolute atomic E-state index is 0.369. The van der Waals surface area contributed by atoms with Gasteiger partial charge in [-0.3, -0.25) is 5.43 Å². The van der Waals surface area contributed by atoms with Gasteiger partial charge in [0, 0.05) is 18.7 Å². The number of hydrogen-bond donors (Lipinski definition) is 1. The van der Waals surface area contributed by atoms with Gasteiger partial charge in [0.1, 0.15) is 13.2 Å². The number of nitrogens with one attached hydrogen (secondary N) is 1. The van der Waals surface area contributed by atoms with E-state index in [0.717, 1.165) is 30.0 Å². The van der Waals surface area contributed by atoms with Crippen molar-refractivity contribution >= 4 is 11.7 Å². The molecule has 6 nitrogen and oxygen atoms in total. The van der Waals surface area contributed by atoms with Gasteiger partial charge in [0.2, 0.25) is 0 Å². The van der Waals surface area contributed by atoms with Crippen LogP contribution in [0.25, 0.3) is 5.57 Å². The van der Waals surface area contributed by atoms with E-state index in [1.165, 1.54) is 5.57 Å². The molecule has 0 saturated heterocycles. The molecule has 0 spiro atoms. The summed E-state index contributed by atoms with van der Waals surface area (Å²) in [5, 5.41) is 1.84. The fourth-order valence-corrected chi connectivity index (χ4v) is 2.63. The van der Waals surface area contributed by atoms with Crippen LogP contribution in [0.15, 0.2) is 24.3 Å². The van der Waals surface area contributed by atoms with Crippen LogP contribution in [0.4, 0.5) is 4.79 Å². The number of rotatable bonds is 3. The Labute approximate surface area is 129 Å². The lowest BCUT2D eigenvalue weighted by atomic mass is 9.98. The molecule has 2 aliphatic rings. The fourth-order valence-electron chi connectivity index (χ4n) is 2.63. The lowest BCUT2D eigenvalue weighted by Gasteiger charge is -2.28. The Morgan fingerprint density at radius 3 is 3.00 bits per heavy atom. The first-order valence-corrected chi connectivity index (χ1v) is 7.54. The molecule has 6 heteroatoms. The monoisotopic (exact) mass is 304 g/mol. The number of para-hydroxylation sites is 1. The Morgan fingerprint density at radius 1 is 1.36 bits per heavy atom. The van der Waals surface area contributed by atoms with Gasteiger partial charge in [0.15, 0.2) is 11.5 Å². The molecule has 22 heavy (non-hydrogen) atoms. The molecule has 3 rings (SSSR count). The summed E-state index contributed by atoms with van der Waals surface area (Å²) in [7, 11) is 0. The molecule has 0 bridgehead atoms. The van der Waals surface area contributed by atoms with Crippen LogP contribution in [0.1, 0.15) is 18.9 Å². The summed E-state index contributed by atoms with van der Waals surface area (Å²) in [4.78, 5) is 11.4. The van der Waals surface area contributed by atoms with Crippen LogP contribution < -0.4 is 14.9 Å². The van der Waals surface area contributed by atoms with Crippen LogP contribution in [0.2, 0.25) is 0 Å². The van der Waals surface area contributed by atoms with Gasteiger partial charge in [-0.2, -0.15) is 0 Å². The summed E-state index contributed by atoms with van der Waals surface area (Å²) in [5.74, 6) is 1.63. The van der Waals surface area contributed by atoms with E-state index >= 15 is 0 Å². The quantitative estimate of drug-likeness (QED) is 0.927. The van der Waals surface area contributed by atoms with Crippen LogP contribution in [0.3, 0.4) is 0 Å². The second-order valence-corrected chi connectivity index (χ2v) is 5.09. The van der Waals surface area contributed by atoms with E-state index in [0.29, 0.717) is 26.4 Å². The highest BCUT2D eigenvalue weighted by Crippen LogP contribution is 2.38. The van der Waals surface area contributed by atoms with Crippen molar-refractivity contribution in [3.05, 3.63) is 29.8 Å². The molecule has 0 unspecified atom stereocenters. The molecule has 0 atom stereocenters. The molecular weight excluding hydrogens is 284 g/mol. The molecule has 2 aliphatic heterocycles. The third kappa shape index (κ3) is 3.17. The van der Waals surface area contributed by atoms with Crippen LogP contribution in [0.5, 0.6) is 11.5 Å². The van der Waals surface area contributed by atoms with E-state index in [2.05, 4.69) is 11.5 Å². The first-order chi connectivity index (χ1) is 10.8. The number of amides is 1. The Bertz CT molecular complexity index is 586. The van der Waals surface area contributed by atoms with Crippen LogP contribution in [-0.4, -0.2) is 44.0 Å². The van der Waals surface area contributed by atoms with E-state index in [9.17, 15) is 4.79 Å². The van der Waals surface area contributed by atoms with Gasteiger partial charge in [-0.05, 0) is 25.0 Å². The van der Waals surface area contributed by atoms with Crippen LogP contribution in [-0.2, 0) is 4.74 Å². The van der Waals surface area contributed by atoms with Gasteiger partial charge in [0.05, 0.1) is 6.61 Å². The van der Waals surface area contributed by atoms with Crippen molar-refractivity contribution in [2.24, 2.45) is 0 Å². The van der Waals surface area contributed by atoms with E-state index in [1.807, 2.05) is 23.2 Å². The van der Waals surface area contributed by atoms with Gasteiger partial charge in [-0.15, -0.1) is 0 Å². The molecule has 1 amide bonds. The Morgan fingerprint density at radius 2 is 2.23 bits per heavy atom. The van der Waals surface area contributed by atoms with E-state index in [-0.39, 0.29) is 0 Å². The smallest absolute Gasteiger partial charge is 0.421 e. The maximum Gasteiger partial charge on any atom is 0.421 e. The SMILES string of the molecule is CCOC(=O)NN1CC=C(c2cccc3c2OCCO3)CC1. The Kier molecular flexibility index (Phi) is 4.48. The number of nitrogens with zero attached hydrogens (tertiary/aromatic N) is 1. The average molecular weight is 304 g/mol. The summed E-state index contributed by atoms with van der Waals surface area (Å²) in [6, 6.07) is 5.96. The van der Waals surface area contributed by atoms with E-state index < -0.39 is 6.09 Å². The molecule has 0 saturated carbocycles. The van der Waals surface area contributed by atoms with Gasteiger partial charge in [0.25, 0.3) is 0 Å². The predicted molar refractivity (Wildman–Crippen MR) is 81.8 cm³/mol. The summed E-state index contributed by atoms with van der Waals surface area (Å²) in [6.07, 6.45) is 2.52. The molecule has 2 heterocycles. The number of hydrazine groups is 1. The predicted octanol–water partition coefficient (Wildman–Crippen LogP) is 2.21. The van der Waals surface area contributed by atoms with Crippen molar-refractivity contribution in [3.8, 4) is 11.5 Å². The van der Waals surface area contributed by atoms with Gasteiger partial charge in [-0.1, -0.05) is 18.2 Å². The van der Waals surface area contributed by atoms with Crippen LogP contribution >= 0.6 is 0 Å². The van der Waals surface area contributed by atoms with Crippen molar-refractivity contribution < 1.29 is 19.0 Å². The molecule has 0 radical (unpaired) electrons. The molecular formula is C16H20N2O4. The summed E-state index contributed by atoms with van der Waals surface area (Å²) in [6.45, 7) is 4.69. The molecule has 118 valence electrons. The second-order valence-electron chi connectivity index (χ2n) is 5.09. The minimum Gasteiger partial charge on any atom is -0.486 e. The maximum atomic E-state index is 11.4. The van der Waals surface area contributed by atoms with Crippen molar-refractivity contribution in [2.75, 3.05) is 32.9 Å². The van der Waals surface area contributed by atoms with E-state index in [4.69, 9.17) is 14.2 Å². The van der Waals surface area contributed by atoms with Gasteiger partial charge in [-0.25, -0.2) is 9.80 Å². The minimum atomic E-state index is -0.409. The molecule has 1 aromatic rings. The largest absolute Gasteiger partial charge is 0.486 e. The standard InChI is InChI=1S/C16H20N2O4/c1-2-20-16(19)17-18-8-6-12(7-9-18)13-4-3-5-14-15(13)22-11-10-21-14/h3-6H,2,7-11H2,1H3,(H,17,19). The number of benzene rings is 1. The normalized spacial score (nSPS) is 17.6. The number of carbonyl (C=O) groups excluding carboxylic acids is 1. The second kappa shape index (κ2) is 6.70.